The van der Waals surface area contributed by atoms with E-state index in [1.807, 2.05) is 0 Å². The molecule has 1 rings (SSSR count). The first kappa shape index (κ1) is 12.0. The molecule has 0 amide bonds. The van der Waals surface area contributed by atoms with Crippen LogP contribution in [0.3, 0.4) is 0 Å². The van der Waals surface area contributed by atoms with E-state index in [9.17, 15) is 0 Å². The van der Waals surface area contributed by atoms with Crippen molar-refractivity contribution in [1.82, 2.24) is 15.1 Å². The van der Waals surface area contributed by atoms with Crippen molar-refractivity contribution < 1.29 is 0 Å². The summed E-state index contributed by atoms with van der Waals surface area (Å²) in [5.41, 5.74) is 0. The van der Waals surface area contributed by atoms with E-state index in [0.29, 0.717) is 12.1 Å². The topological polar surface area (TPSA) is 18.5 Å². The minimum atomic E-state index is 0.695. The standard InChI is InChI=1S/C11H25N3/c1-5-12-6-7-14-8-10(2)13(4)11(3)9-14/h10-12H,5-9H2,1-4H3. The molecule has 0 aromatic carbocycles. The van der Waals surface area contributed by atoms with Crippen LogP contribution in [0, 0.1) is 0 Å². The van der Waals surface area contributed by atoms with Crippen LogP contribution < -0.4 is 5.32 Å². The summed E-state index contributed by atoms with van der Waals surface area (Å²) in [4.78, 5) is 5.04. The van der Waals surface area contributed by atoms with Gasteiger partial charge in [-0.3, -0.25) is 9.80 Å². The van der Waals surface area contributed by atoms with Gasteiger partial charge in [-0.25, -0.2) is 0 Å². The molecular formula is C11H25N3. The Balaban J connectivity index is 2.27. The Labute approximate surface area is 88.5 Å². The maximum atomic E-state index is 3.38. The van der Waals surface area contributed by atoms with Gasteiger partial charge in [-0.15, -0.1) is 0 Å². The highest BCUT2D eigenvalue weighted by molar-refractivity contribution is 4.82. The Morgan fingerprint density at radius 2 is 1.79 bits per heavy atom. The van der Waals surface area contributed by atoms with Gasteiger partial charge in [0.25, 0.3) is 0 Å². The SMILES string of the molecule is CCNCCN1CC(C)N(C)C(C)C1. The summed E-state index contributed by atoms with van der Waals surface area (Å²) in [6.07, 6.45) is 0. The number of hydrogen-bond donors (Lipinski definition) is 1. The van der Waals surface area contributed by atoms with Crippen molar-refractivity contribution in [2.24, 2.45) is 0 Å². The molecule has 1 fully saturated rings. The molecule has 2 atom stereocenters. The van der Waals surface area contributed by atoms with Crippen molar-refractivity contribution in [1.29, 1.82) is 0 Å². The number of nitrogens with zero attached hydrogens (tertiary/aromatic N) is 2. The minimum Gasteiger partial charge on any atom is -0.316 e. The zero-order valence-corrected chi connectivity index (χ0v) is 10.1. The molecule has 3 nitrogen and oxygen atoms in total. The lowest BCUT2D eigenvalue weighted by Gasteiger charge is -2.42. The summed E-state index contributed by atoms with van der Waals surface area (Å²) < 4.78 is 0. The number of piperazine rings is 1. The van der Waals surface area contributed by atoms with E-state index in [4.69, 9.17) is 0 Å². The molecule has 0 aliphatic carbocycles. The molecule has 0 saturated carbocycles. The summed E-state index contributed by atoms with van der Waals surface area (Å²) in [7, 11) is 2.23. The first-order valence-electron chi connectivity index (χ1n) is 5.80. The molecule has 0 aromatic heterocycles. The van der Waals surface area contributed by atoms with Crippen LogP contribution in [0.15, 0.2) is 0 Å². The summed E-state index contributed by atoms with van der Waals surface area (Å²) in [6, 6.07) is 1.39. The highest BCUT2D eigenvalue weighted by atomic mass is 15.3. The Hall–Kier alpha value is -0.120. The van der Waals surface area contributed by atoms with Crippen LogP contribution in [0.4, 0.5) is 0 Å². The zero-order valence-electron chi connectivity index (χ0n) is 10.1. The summed E-state index contributed by atoms with van der Waals surface area (Å²) in [5, 5.41) is 3.38. The van der Waals surface area contributed by atoms with E-state index in [-0.39, 0.29) is 0 Å². The molecular weight excluding hydrogens is 174 g/mol. The smallest absolute Gasteiger partial charge is 0.0195 e. The third-order valence-electron chi connectivity index (χ3n) is 3.29. The van der Waals surface area contributed by atoms with E-state index in [2.05, 4.69) is 42.9 Å². The predicted molar refractivity (Wildman–Crippen MR) is 61.7 cm³/mol. The quantitative estimate of drug-likeness (QED) is 0.670. The van der Waals surface area contributed by atoms with Crippen molar-refractivity contribution in [2.75, 3.05) is 39.8 Å². The number of rotatable bonds is 4. The Kier molecular flexibility index (Phi) is 4.85. The van der Waals surface area contributed by atoms with Crippen LogP contribution in [0.5, 0.6) is 0 Å². The van der Waals surface area contributed by atoms with E-state index in [1.54, 1.807) is 0 Å². The van der Waals surface area contributed by atoms with Gasteiger partial charge in [0.15, 0.2) is 0 Å². The third-order valence-corrected chi connectivity index (χ3v) is 3.29. The average molecular weight is 199 g/mol. The maximum Gasteiger partial charge on any atom is 0.0195 e. The molecule has 84 valence electrons. The van der Waals surface area contributed by atoms with E-state index < -0.39 is 0 Å². The first-order valence-corrected chi connectivity index (χ1v) is 5.80. The highest BCUT2D eigenvalue weighted by Crippen LogP contribution is 2.12. The second-order valence-electron chi connectivity index (χ2n) is 4.48. The van der Waals surface area contributed by atoms with Gasteiger partial charge in [0.05, 0.1) is 0 Å². The van der Waals surface area contributed by atoms with Gasteiger partial charge in [0.2, 0.25) is 0 Å². The van der Waals surface area contributed by atoms with Crippen LogP contribution in [-0.2, 0) is 0 Å². The highest BCUT2D eigenvalue weighted by Gasteiger charge is 2.25. The molecule has 1 saturated heterocycles. The average Bonchev–Trinajstić information content (AvgIpc) is 2.14. The molecule has 1 N–H and O–H groups in total. The van der Waals surface area contributed by atoms with Crippen molar-refractivity contribution in [3.63, 3.8) is 0 Å². The first-order chi connectivity index (χ1) is 6.65. The lowest BCUT2D eigenvalue weighted by atomic mass is 10.1. The Bertz CT molecular complexity index is 149. The molecule has 1 heterocycles. The van der Waals surface area contributed by atoms with Crippen LogP contribution in [0.25, 0.3) is 0 Å². The minimum absolute atomic E-state index is 0.695. The van der Waals surface area contributed by atoms with Gasteiger partial charge in [-0.2, -0.15) is 0 Å². The summed E-state index contributed by atoms with van der Waals surface area (Å²) in [6.45, 7) is 12.6. The van der Waals surface area contributed by atoms with Crippen molar-refractivity contribution in [2.45, 2.75) is 32.9 Å². The van der Waals surface area contributed by atoms with Gasteiger partial charge >= 0.3 is 0 Å². The molecule has 1 aliphatic heterocycles. The van der Waals surface area contributed by atoms with Gasteiger partial charge in [0, 0.05) is 38.3 Å². The second kappa shape index (κ2) is 5.69. The predicted octanol–water partition coefficient (Wildman–Crippen LogP) is 0.620. The van der Waals surface area contributed by atoms with Gasteiger partial charge in [-0.1, -0.05) is 6.92 Å². The van der Waals surface area contributed by atoms with Gasteiger partial charge in [0.1, 0.15) is 0 Å². The van der Waals surface area contributed by atoms with Crippen LogP contribution in [0.2, 0.25) is 0 Å². The van der Waals surface area contributed by atoms with Crippen molar-refractivity contribution in [3.05, 3.63) is 0 Å². The van der Waals surface area contributed by atoms with E-state index in [1.165, 1.54) is 19.6 Å². The normalized spacial score (nSPS) is 30.9. The summed E-state index contributed by atoms with van der Waals surface area (Å²) in [5.74, 6) is 0. The molecule has 1 aliphatic rings. The third kappa shape index (κ3) is 3.23. The molecule has 0 radical (unpaired) electrons. The zero-order chi connectivity index (χ0) is 10.6. The fraction of sp³-hybridized carbons (Fsp3) is 1.00. The Morgan fingerprint density at radius 1 is 1.21 bits per heavy atom. The van der Waals surface area contributed by atoms with E-state index in [0.717, 1.165) is 13.1 Å². The molecule has 2 unspecified atom stereocenters. The van der Waals surface area contributed by atoms with E-state index >= 15 is 0 Å². The largest absolute Gasteiger partial charge is 0.316 e. The lowest BCUT2D eigenvalue weighted by molar-refractivity contribution is 0.0609. The number of nitrogens with one attached hydrogen (secondary N) is 1. The second-order valence-corrected chi connectivity index (χ2v) is 4.48. The maximum absolute atomic E-state index is 3.38. The monoisotopic (exact) mass is 199 g/mol. The summed E-state index contributed by atoms with van der Waals surface area (Å²) >= 11 is 0. The van der Waals surface area contributed by atoms with Gasteiger partial charge < -0.3 is 5.32 Å². The van der Waals surface area contributed by atoms with Crippen LogP contribution in [-0.4, -0.2) is 61.7 Å². The molecule has 14 heavy (non-hydrogen) atoms. The Morgan fingerprint density at radius 3 is 2.29 bits per heavy atom. The van der Waals surface area contributed by atoms with Gasteiger partial charge in [-0.05, 0) is 27.4 Å². The molecule has 0 spiro atoms. The number of likely N-dealkylation sites (N-methyl/N-ethyl adjacent to an activating group) is 2. The fourth-order valence-corrected chi connectivity index (χ4v) is 2.11. The molecule has 3 heteroatoms. The van der Waals surface area contributed by atoms with Crippen LogP contribution >= 0.6 is 0 Å². The van der Waals surface area contributed by atoms with Crippen LogP contribution in [0.1, 0.15) is 20.8 Å². The lowest BCUT2D eigenvalue weighted by Crippen LogP contribution is -2.55. The van der Waals surface area contributed by atoms with Crippen molar-refractivity contribution >= 4 is 0 Å². The van der Waals surface area contributed by atoms with Crippen molar-refractivity contribution in [3.8, 4) is 0 Å². The fourth-order valence-electron chi connectivity index (χ4n) is 2.11. The molecule has 0 bridgehead atoms. The number of hydrogen-bond acceptors (Lipinski definition) is 3. The molecule has 0 aromatic rings.